The van der Waals surface area contributed by atoms with Gasteiger partial charge in [0.15, 0.2) is 5.82 Å². The van der Waals surface area contributed by atoms with Gasteiger partial charge in [0.2, 0.25) is 5.65 Å². The van der Waals surface area contributed by atoms with E-state index in [1.165, 1.54) is 6.07 Å². The third kappa shape index (κ3) is 3.06. The zero-order valence-corrected chi connectivity index (χ0v) is 15.8. The molecule has 7 nitrogen and oxygen atoms in total. The van der Waals surface area contributed by atoms with E-state index in [-0.39, 0.29) is 6.04 Å². The van der Waals surface area contributed by atoms with E-state index >= 15 is 0 Å². The molecule has 0 saturated carbocycles. The molecule has 3 aromatic rings. The second-order valence-electron chi connectivity index (χ2n) is 7.61. The van der Waals surface area contributed by atoms with E-state index in [1.807, 2.05) is 22.4 Å². The van der Waals surface area contributed by atoms with Crippen molar-refractivity contribution in [2.45, 2.75) is 32.0 Å². The van der Waals surface area contributed by atoms with Crippen molar-refractivity contribution in [3.63, 3.8) is 0 Å². The number of pyridine rings is 1. The highest BCUT2D eigenvalue weighted by Gasteiger charge is 2.41. The van der Waals surface area contributed by atoms with Gasteiger partial charge >= 0.3 is 6.18 Å². The lowest BCUT2D eigenvalue weighted by atomic mass is 9.92. The van der Waals surface area contributed by atoms with Crippen molar-refractivity contribution >= 4 is 17.3 Å². The van der Waals surface area contributed by atoms with Crippen LogP contribution in [0.4, 0.5) is 24.8 Å². The summed E-state index contributed by atoms with van der Waals surface area (Å²) in [7, 11) is 0. The summed E-state index contributed by atoms with van der Waals surface area (Å²) in [5.74, 6) is 2.41. The van der Waals surface area contributed by atoms with E-state index < -0.39 is 11.9 Å². The minimum Gasteiger partial charge on any atom is -0.355 e. The van der Waals surface area contributed by atoms with Crippen LogP contribution in [0.15, 0.2) is 30.6 Å². The zero-order valence-electron chi connectivity index (χ0n) is 15.8. The summed E-state index contributed by atoms with van der Waals surface area (Å²) < 4.78 is 41.1. The van der Waals surface area contributed by atoms with Crippen molar-refractivity contribution in [2.24, 2.45) is 5.92 Å². The van der Waals surface area contributed by atoms with E-state index in [2.05, 4.69) is 25.1 Å². The fourth-order valence-corrected chi connectivity index (χ4v) is 4.50. The first-order valence-electron chi connectivity index (χ1n) is 9.64. The lowest BCUT2D eigenvalue weighted by molar-refractivity contribution is -0.141. The number of aromatic nitrogens is 5. The number of fused-ring (bicyclic) bond motifs is 2. The normalized spacial score (nSPS) is 22.3. The van der Waals surface area contributed by atoms with Gasteiger partial charge in [0.25, 0.3) is 0 Å². The second-order valence-corrected chi connectivity index (χ2v) is 7.61. The second kappa shape index (κ2) is 6.57. The summed E-state index contributed by atoms with van der Waals surface area (Å²) in [6.45, 7) is 4.04. The number of alkyl halides is 3. The fourth-order valence-electron chi connectivity index (χ4n) is 4.50. The van der Waals surface area contributed by atoms with E-state index in [0.29, 0.717) is 30.5 Å². The summed E-state index contributed by atoms with van der Waals surface area (Å²) in [6.07, 6.45) is 1.07. The van der Waals surface area contributed by atoms with Gasteiger partial charge in [-0.25, -0.2) is 9.97 Å². The molecule has 2 saturated heterocycles. The number of rotatable bonds is 2. The molecule has 0 spiro atoms. The molecule has 0 radical (unpaired) electrons. The molecule has 2 aliphatic rings. The number of nitrogens with zero attached hydrogens (tertiary/aromatic N) is 7. The Morgan fingerprint density at radius 2 is 1.93 bits per heavy atom. The van der Waals surface area contributed by atoms with Crippen molar-refractivity contribution in [3.05, 3.63) is 42.1 Å². The van der Waals surface area contributed by atoms with Crippen LogP contribution in [0, 0.1) is 12.8 Å². The number of aryl methyl sites for hydroxylation is 1. The highest BCUT2D eigenvalue weighted by molar-refractivity contribution is 5.65. The van der Waals surface area contributed by atoms with Crippen LogP contribution in [0.1, 0.15) is 24.4 Å². The fraction of sp³-hybridized carbons (Fsp3) is 0.474. The molecule has 5 rings (SSSR count). The van der Waals surface area contributed by atoms with Crippen LogP contribution < -0.4 is 9.80 Å². The summed E-state index contributed by atoms with van der Waals surface area (Å²) in [6, 6.07) is 4.23. The highest BCUT2D eigenvalue weighted by Crippen LogP contribution is 2.37. The Morgan fingerprint density at radius 3 is 2.76 bits per heavy atom. The quantitative estimate of drug-likeness (QED) is 0.656. The number of anilines is 2. The molecule has 5 heterocycles. The molecule has 29 heavy (non-hydrogen) atoms. The predicted octanol–water partition coefficient (Wildman–Crippen LogP) is 2.95. The van der Waals surface area contributed by atoms with Gasteiger partial charge in [-0.3, -0.25) is 4.40 Å². The van der Waals surface area contributed by atoms with Crippen LogP contribution in [-0.4, -0.2) is 50.2 Å². The molecule has 2 aliphatic heterocycles. The Bertz CT molecular complexity index is 1050. The Kier molecular flexibility index (Phi) is 4.11. The summed E-state index contributed by atoms with van der Waals surface area (Å²) in [5.41, 5.74) is -0.147. The maximum atomic E-state index is 13.1. The van der Waals surface area contributed by atoms with Gasteiger partial charge in [-0.2, -0.15) is 13.2 Å². The van der Waals surface area contributed by atoms with Crippen LogP contribution in [0.2, 0.25) is 0 Å². The first-order chi connectivity index (χ1) is 13.9. The first-order valence-corrected chi connectivity index (χ1v) is 9.64. The Balaban J connectivity index is 1.45. The van der Waals surface area contributed by atoms with Crippen molar-refractivity contribution in [2.75, 3.05) is 29.4 Å². The van der Waals surface area contributed by atoms with Gasteiger partial charge in [-0.1, -0.05) is 6.07 Å². The Morgan fingerprint density at radius 1 is 1.10 bits per heavy atom. The van der Waals surface area contributed by atoms with Crippen molar-refractivity contribution < 1.29 is 13.2 Å². The maximum Gasteiger partial charge on any atom is 0.433 e. The molecule has 2 fully saturated rings. The Labute approximate surface area is 165 Å². The van der Waals surface area contributed by atoms with Crippen molar-refractivity contribution in [3.8, 4) is 0 Å². The van der Waals surface area contributed by atoms with Crippen molar-refractivity contribution in [1.29, 1.82) is 0 Å². The van der Waals surface area contributed by atoms with Gasteiger partial charge in [-0.15, -0.1) is 10.2 Å². The number of halogens is 3. The molecule has 2 unspecified atom stereocenters. The molecule has 0 amide bonds. The largest absolute Gasteiger partial charge is 0.433 e. The third-order valence-corrected chi connectivity index (χ3v) is 5.96. The average molecular weight is 403 g/mol. The number of hydrogen-bond donors (Lipinski definition) is 0. The summed E-state index contributed by atoms with van der Waals surface area (Å²) in [4.78, 5) is 12.6. The van der Waals surface area contributed by atoms with Gasteiger partial charge in [-0.05, 0) is 37.8 Å². The van der Waals surface area contributed by atoms with Crippen LogP contribution in [0.25, 0.3) is 5.65 Å². The minimum absolute atomic E-state index is 0.149. The summed E-state index contributed by atoms with van der Waals surface area (Å²) >= 11 is 0. The van der Waals surface area contributed by atoms with E-state index in [4.69, 9.17) is 0 Å². The molecular formula is C19H20F3N7. The van der Waals surface area contributed by atoms with Gasteiger partial charge in [0.1, 0.15) is 17.3 Å². The first kappa shape index (κ1) is 18.1. The van der Waals surface area contributed by atoms with Crippen LogP contribution in [0.3, 0.4) is 0 Å². The molecule has 10 heteroatoms. The van der Waals surface area contributed by atoms with E-state index in [1.54, 1.807) is 12.3 Å². The SMILES string of the molecule is Cc1nnc2c(N3CCC4CCN(c5cccc(C(F)(F)F)n5)CC43)nccn12. The third-order valence-electron chi connectivity index (χ3n) is 5.96. The number of hydrogen-bond acceptors (Lipinski definition) is 6. The van der Waals surface area contributed by atoms with Crippen molar-refractivity contribution in [1.82, 2.24) is 24.6 Å². The van der Waals surface area contributed by atoms with Gasteiger partial charge in [0, 0.05) is 32.0 Å². The van der Waals surface area contributed by atoms with E-state index in [9.17, 15) is 13.2 Å². The standard InChI is InChI=1S/C19H20F3N7/c1-12-25-26-18-17(23-7-10-28(12)18)29-9-6-13-5-8-27(11-14(13)29)16-4-2-3-15(24-16)19(20,21)22/h2-4,7,10,13-14H,5-6,8-9,11H2,1H3. The molecule has 0 aliphatic carbocycles. The average Bonchev–Trinajstić information content (AvgIpc) is 3.31. The smallest absolute Gasteiger partial charge is 0.355 e. The molecule has 0 aromatic carbocycles. The van der Waals surface area contributed by atoms with E-state index in [0.717, 1.165) is 37.1 Å². The molecule has 2 atom stereocenters. The zero-order chi connectivity index (χ0) is 20.2. The topological polar surface area (TPSA) is 62.5 Å². The van der Waals surface area contributed by atoms with Gasteiger partial charge in [0.05, 0.1) is 6.04 Å². The molecule has 152 valence electrons. The molecule has 0 bridgehead atoms. The molecular weight excluding hydrogens is 383 g/mol. The van der Waals surface area contributed by atoms with Crippen LogP contribution in [0.5, 0.6) is 0 Å². The van der Waals surface area contributed by atoms with Crippen LogP contribution >= 0.6 is 0 Å². The highest BCUT2D eigenvalue weighted by atomic mass is 19.4. The Hall–Kier alpha value is -2.91. The van der Waals surface area contributed by atoms with Gasteiger partial charge < -0.3 is 9.80 Å². The predicted molar refractivity (Wildman–Crippen MR) is 101 cm³/mol. The summed E-state index contributed by atoms with van der Waals surface area (Å²) in [5, 5.41) is 8.42. The molecule has 3 aromatic heterocycles. The molecule has 0 N–H and O–H groups in total. The lowest BCUT2D eigenvalue weighted by Gasteiger charge is -2.39. The minimum atomic E-state index is -4.45. The monoisotopic (exact) mass is 403 g/mol. The van der Waals surface area contributed by atoms with Crippen LogP contribution in [-0.2, 0) is 6.18 Å². The maximum absolute atomic E-state index is 13.1. The number of piperidine rings is 1. The lowest BCUT2D eigenvalue weighted by Crippen LogP contribution is -2.49.